The smallest absolute Gasteiger partial charge is 0.274 e. The fourth-order valence-corrected chi connectivity index (χ4v) is 4.96. The average Bonchev–Trinajstić information content (AvgIpc) is 2.92. The predicted molar refractivity (Wildman–Crippen MR) is 89.2 cm³/mol. The normalized spacial score (nSPS) is 28.1. The van der Waals surface area contributed by atoms with Crippen LogP contribution in [0, 0.1) is 12.3 Å². The van der Waals surface area contributed by atoms with Gasteiger partial charge in [0.05, 0.1) is 5.69 Å². The van der Waals surface area contributed by atoms with Crippen molar-refractivity contribution in [1.82, 2.24) is 9.78 Å². The molecule has 0 unspecified atom stereocenters. The average molecular weight is 317 g/mol. The molecular formula is C18H21ClN2O. The molecule has 0 amide bonds. The molecule has 2 aromatic rings. The number of hydrogen-bond acceptors (Lipinski definition) is 1. The van der Waals surface area contributed by atoms with Gasteiger partial charge in [-0.15, -0.1) is 0 Å². The molecular weight excluding hydrogens is 296 g/mol. The number of fused-ring (bicyclic) bond motifs is 5. The quantitative estimate of drug-likeness (QED) is 0.836. The van der Waals surface area contributed by atoms with Crippen LogP contribution in [0.5, 0.6) is 0 Å². The van der Waals surface area contributed by atoms with Gasteiger partial charge in [-0.3, -0.25) is 9.89 Å². The Bertz CT molecular complexity index is 825. The molecule has 3 nitrogen and oxygen atoms in total. The first-order valence-electron chi connectivity index (χ1n) is 7.89. The number of aromatic amines is 1. The highest BCUT2D eigenvalue weighted by Crippen LogP contribution is 2.66. The number of nitrogens with one attached hydrogen (secondary N) is 1. The highest BCUT2D eigenvalue weighted by molar-refractivity contribution is 6.30. The second-order valence-electron chi connectivity index (χ2n) is 7.67. The van der Waals surface area contributed by atoms with Crippen molar-refractivity contribution in [2.45, 2.75) is 51.9 Å². The lowest BCUT2D eigenvalue weighted by Crippen LogP contribution is -2.33. The zero-order valence-electron chi connectivity index (χ0n) is 13.5. The third kappa shape index (κ3) is 1.50. The van der Waals surface area contributed by atoms with Gasteiger partial charge in [0.25, 0.3) is 5.56 Å². The van der Waals surface area contributed by atoms with Crippen LogP contribution >= 0.6 is 11.6 Å². The van der Waals surface area contributed by atoms with Crippen molar-refractivity contribution in [1.29, 1.82) is 0 Å². The van der Waals surface area contributed by atoms with E-state index in [-0.39, 0.29) is 16.4 Å². The molecule has 22 heavy (non-hydrogen) atoms. The van der Waals surface area contributed by atoms with Gasteiger partial charge in [-0.2, -0.15) is 0 Å². The van der Waals surface area contributed by atoms with Crippen LogP contribution in [0.4, 0.5) is 0 Å². The largest absolute Gasteiger partial charge is 0.294 e. The van der Waals surface area contributed by atoms with Crippen LogP contribution in [-0.2, 0) is 5.41 Å². The maximum atomic E-state index is 13.0. The van der Waals surface area contributed by atoms with E-state index < -0.39 is 0 Å². The summed E-state index contributed by atoms with van der Waals surface area (Å²) < 4.78 is 1.68. The summed E-state index contributed by atoms with van der Waals surface area (Å²) in [5, 5.41) is 4.06. The van der Waals surface area contributed by atoms with E-state index in [0.29, 0.717) is 10.9 Å². The Morgan fingerprint density at radius 1 is 1.27 bits per heavy atom. The molecule has 116 valence electrons. The molecule has 4 rings (SSSR count). The second kappa shape index (κ2) is 4.08. The van der Waals surface area contributed by atoms with Crippen LogP contribution in [0.1, 0.15) is 56.4 Å². The van der Waals surface area contributed by atoms with Crippen molar-refractivity contribution in [3.05, 3.63) is 50.4 Å². The third-order valence-electron chi connectivity index (χ3n) is 6.34. The number of aromatic nitrogens is 2. The van der Waals surface area contributed by atoms with Crippen molar-refractivity contribution in [2.75, 3.05) is 0 Å². The van der Waals surface area contributed by atoms with Crippen LogP contribution in [-0.4, -0.2) is 9.78 Å². The summed E-state index contributed by atoms with van der Waals surface area (Å²) in [5.74, 6) is 0.359. The van der Waals surface area contributed by atoms with E-state index in [2.05, 4.69) is 25.9 Å². The number of halogens is 1. The lowest BCUT2D eigenvalue weighted by Gasteiger charge is -2.34. The van der Waals surface area contributed by atoms with Crippen molar-refractivity contribution < 1.29 is 0 Å². The number of benzene rings is 1. The summed E-state index contributed by atoms with van der Waals surface area (Å²) in [4.78, 5) is 13.0. The lowest BCUT2D eigenvalue weighted by molar-refractivity contribution is 0.224. The van der Waals surface area contributed by atoms with Gasteiger partial charge in [0.2, 0.25) is 0 Å². The molecule has 2 atom stereocenters. The van der Waals surface area contributed by atoms with Crippen molar-refractivity contribution in [3.63, 3.8) is 0 Å². The Balaban J connectivity index is 1.95. The summed E-state index contributed by atoms with van der Waals surface area (Å²) in [6, 6.07) is 5.74. The fraction of sp³-hybridized carbons (Fsp3) is 0.500. The molecule has 4 heteroatoms. The third-order valence-corrected chi connectivity index (χ3v) is 6.56. The summed E-state index contributed by atoms with van der Waals surface area (Å²) >= 11 is 6.16. The Labute approximate surface area is 135 Å². The fourth-order valence-electron chi connectivity index (χ4n) is 4.67. The van der Waals surface area contributed by atoms with Gasteiger partial charge >= 0.3 is 0 Å². The molecule has 1 N–H and O–H groups in total. The minimum absolute atomic E-state index is 0.0605. The molecule has 1 aromatic carbocycles. The summed E-state index contributed by atoms with van der Waals surface area (Å²) in [6.45, 7) is 8.88. The van der Waals surface area contributed by atoms with E-state index in [0.717, 1.165) is 35.3 Å². The molecule has 2 bridgehead atoms. The van der Waals surface area contributed by atoms with E-state index >= 15 is 0 Å². The Hall–Kier alpha value is -1.48. The second-order valence-corrected chi connectivity index (χ2v) is 8.11. The molecule has 2 aliphatic carbocycles. The monoisotopic (exact) mass is 316 g/mol. The van der Waals surface area contributed by atoms with Crippen LogP contribution in [0.25, 0.3) is 5.69 Å². The van der Waals surface area contributed by atoms with Gasteiger partial charge in [-0.1, -0.05) is 32.4 Å². The molecule has 1 aromatic heterocycles. The van der Waals surface area contributed by atoms with Gasteiger partial charge in [0.1, 0.15) is 0 Å². The van der Waals surface area contributed by atoms with Crippen molar-refractivity contribution in [3.8, 4) is 5.69 Å². The summed E-state index contributed by atoms with van der Waals surface area (Å²) in [6.07, 6.45) is 2.25. The topological polar surface area (TPSA) is 37.8 Å². The highest BCUT2D eigenvalue weighted by Gasteiger charge is 2.61. The number of H-pyrrole nitrogens is 1. The Kier molecular flexibility index (Phi) is 2.62. The van der Waals surface area contributed by atoms with E-state index in [1.807, 2.05) is 25.1 Å². The van der Waals surface area contributed by atoms with Gasteiger partial charge in [-0.05, 0) is 54.9 Å². The van der Waals surface area contributed by atoms with Crippen molar-refractivity contribution >= 4 is 11.6 Å². The van der Waals surface area contributed by atoms with E-state index in [1.165, 1.54) is 0 Å². The molecule has 0 spiro atoms. The molecule has 0 aliphatic heterocycles. The maximum Gasteiger partial charge on any atom is 0.274 e. The van der Waals surface area contributed by atoms with Gasteiger partial charge in [0.15, 0.2) is 0 Å². The first kappa shape index (κ1) is 14.1. The van der Waals surface area contributed by atoms with Crippen LogP contribution in [0.2, 0.25) is 5.02 Å². The number of rotatable bonds is 1. The lowest BCUT2D eigenvalue weighted by atomic mass is 9.70. The first-order valence-corrected chi connectivity index (χ1v) is 8.26. The van der Waals surface area contributed by atoms with Crippen LogP contribution < -0.4 is 5.56 Å². The summed E-state index contributed by atoms with van der Waals surface area (Å²) in [5.41, 5.74) is 4.32. The highest BCUT2D eigenvalue weighted by atomic mass is 35.5. The van der Waals surface area contributed by atoms with Gasteiger partial charge in [-0.25, -0.2) is 4.68 Å². The maximum absolute atomic E-state index is 13.0. The Morgan fingerprint density at radius 2 is 2.00 bits per heavy atom. The standard InChI is InChI=1S/C18H21ClN2O/c1-10-7-11(19)9-12(8-10)21-16(22)14-13-5-6-18(4,15(14)20-21)17(13,2)3/h7-9,13,20H,5-6H2,1-4H3/t13-,18+/m1/s1. The minimum Gasteiger partial charge on any atom is -0.294 e. The van der Waals surface area contributed by atoms with Gasteiger partial charge < -0.3 is 0 Å². The molecule has 2 aliphatic rings. The molecule has 0 radical (unpaired) electrons. The molecule has 1 saturated carbocycles. The number of hydrogen-bond donors (Lipinski definition) is 1. The molecule has 1 fully saturated rings. The van der Waals surface area contributed by atoms with Crippen LogP contribution in [0.3, 0.4) is 0 Å². The van der Waals surface area contributed by atoms with Crippen LogP contribution in [0.15, 0.2) is 23.0 Å². The van der Waals surface area contributed by atoms with E-state index in [1.54, 1.807) is 4.68 Å². The Morgan fingerprint density at radius 3 is 2.64 bits per heavy atom. The zero-order valence-corrected chi connectivity index (χ0v) is 14.2. The van der Waals surface area contributed by atoms with E-state index in [9.17, 15) is 4.79 Å². The SMILES string of the molecule is Cc1cc(Cl)cc(-n2[nH]c3c(c2=O)[C@H]2CC[C@]3(C)C2(C)C)c1. The number of aryl methyl sites for hydroxylation is 1. The predicted octanol–water partition coefficient (Wildman–Crippen LogP) is 4.30. The van der Waals surface area contributed by atoms with Crippen molar-refractivity contribution in [2.24, 2.45) is 5.41 Å². The zero-order chi connectivity index (χ0) is 15.9. The van der Waals surface area contributed by atoms with Gasteiger partial charge in [0, 0.05) is 21.7 Å². The summed E-state index contributed by atoms with van der Waals surface area (Å²) in [7, 11) is 0. The molecule has 0 saturated heterocycles. The number of nitrogens with zero attached hydrogens (tertiary/aromatic N) is 1. The molecule has 1 heterocycles. The van der Waals surface area contributed by atoms with E-state index in [4.69, 9.17) is 11.6 Å². The first-order chi connectivity index (χ1) is 10.3. The minimum atomic E-state index is 0.0605.